The third kappa shape index (κ3) is 3.37. The van der Waals surface area contributed by atoms with Crippen LogP contribution in [-0.2, 0) is 6.42 Å². The van der Waals surface area contributed by atoms with Gasteiger partial charge < -0.3 is 0 Å². The molecule has 1 aromatic rings. The van der Waals surface area contributed by atoms with E-state index in [1.165, 1.54) is 11.1 Å². The predicted molar refractivity (Wildman–Crippen MR) is 68.6 cm³/mol. The van der Waals surface area contributed by atoms with Gasteiger partial charge in [-0.15, -0.1) is 11.8 Å². The summed E-state index contributed by atoms with van der Waals surface area (Å²) in [4.78, 5) is 0. The highest BCUT2D eigenvalue weighted by molar-refractivity contribution is 5.30. The molecule has 86 valence electrons. The van der Waals surface area contributed by atoms with Crippen LogP contribution < -0.4 is 11.3 Å². The third-order valence-electron chi connectivity index (χ3n) is 2.75. The van der Waals surface area contributed by atoms with Gasteiger partial charge in [-0.05, 0) is 30.9 Å². The fourth-order valence-electron chi connectivity index (χ4n) is 1.87. The molecular formula is C14H20N2. The maximum atomic E-state index is 5.61. The molecule has 1 rings (SSSR count). The van der Waals surface area contributed by atoms with E-state index in [2.05, 4.69) is 48.5 Å². The minimum atomic E-state index is 0.206. The van der Waals surface area contributed by atoms with Crippen molar-refractivity contribution in [1.82, 2.24) is 5.43 Å². The molecule has 0 radical (unpaired) electrons. The number of aryl methyl sites for hydroxylation is 1. The predicted octanol–water partition coefficient (Wildman–Crippen LogP) is 2.56. The van der Waals surface area contributed by atoms with E-state index in [-0.39, 0.29) is 6.04 Å². The second-order valence-electron chi connectivity index (χ2n) is 3.74. The fourth-order valence-corrected chi connectivity index (χ4v) is 1.87. The third-order valence-corrected chi connectivity index (χ3v) is 2.75. The summed E-state index contributed by atoms with van der Waals surface area (Å²) in [5, 5.41) is 0. The number of hydrazine groups is 1. The van der Waals surface area contributed by atoms with E-state index in [9.17, 15) is 0 Å². The van der Waals surface area contributed by atoms with Gasteiger partial charge in [0.25, 0.3) is 0 Å². The number of nitrogens with two attached hydrogens (primary N) is 1. The van der Waals surface area contributed by atoms with E-state index in [0.29, 0.717) is 0 Å². The summed E-state index contributed by atoms with van der Waals surface area (Å²) in [5.41, 5.74) is 5.54. The Balaban J connectivity index is 2.79. The molecule has 2 heteroatoms. The Morgan fingerprint density at radius 1 is 1.38 bits per heavy atom. The maximum absolute atomic E-state index is 5.61. The molecule has 0 heterocycles. The summed E-state index contributed by atoms with van der Waals surface area (Å²) >= 11 is 0. The number of rotatable bonds is 5. The van der Waals surface area contributed by atoms with Crippen LogP contribution >= 0.6 is 0 Å². The SMILES string of the molecule is CC#CCCC(NN)c1ccccc1CC. The zero-order valence-corrected chi connectivity index (χ0v) is 10.1. The van der Waals surface area contributed by atoms with Crippen molar-refractivity contribution in [2.24, 2.45) is 5.84 Å². The number of nitrogens with one attached hydrogen (secondary N) is 1. The van der Waals surface area contributed by atoms with E-state index >= 15 is 0 Å². The monoisotopic (exact) mass is 216 g/mol. The standard InChI is InChI=1S/C14H20N2/c1-3-5-6-11-14(16-15)13-10-8-7-9-12(13)4-2/h7-10,14,16H,4,6,11,15H2,1-2H3. The van der Waals surface area contributed by atoms with E-state index in [1.807, 2.05) is 6.92 Å². The van der Waals surface area contributed by atoms with Crippen LogP contribution in [0.25, 0.3) is 0 Å². The van der Waals surface area contributed by atoms with Crippen LogP contribution in [0.5, 0.6) is 0 Å². The Kier molecular flexibility index (Phi) is 5.63. The highest BCUT2D eigenvalue weighted by Crippen LogP contribution is 2.21. The van der Waals surface area contributed by atoms with Crippen molar-refractivity contribution in [2.75, 3.05) is 0 Å². The van der Waals surface area contributed by atoms with Crippen LogP contribution in [-0.4, -0.2) is 0 Å². The second-order valence-corrected chi connectivity index (χ2v) is 3.74. The van der Waals surface area contributed by atoms with E-state index in [0.717, 1.165) is 19.3 Å². The number of hydrogen-bond donors (Lipinski definition) is 2. The van der Waals surface area contributed by atoms with Gasteiger partial charge in [0.05, 0.1) is 0 Å². The Morgan fingerprint density at radius 2 is 2.12 bits per heavy atom. The lowest BCUT2D eigenvalue weighted by molar-refractivity contribution is 0.520. The zero-order valence-electron chi connectivity index (χ0n) is 10.1. The van der Waals surface area contributed by atoms with Gasteiger partial charge in [-0.2, -0.15) is 0 Å². The minimum absolute atomic E-state index is 0.206. The van der Waals surface area contributed by atoms with Gasteiger partial charge in [0.2, 0.25) is 0 Å². The average molecular weight is 216 g/mol. The molecule has 0 saturated carbocycles. The molecule has 16 heavy (non-hydrogen) atoms. The van der Waals surface area contributed by atoms with Crippen molar-refractivity contribution in [3.05, 3.63) is 35.4 Å². The van der Waals surface area contributed by atoms with Crippen LogP contribution in [0.1, 0.15) is 43.9 Å². The zero-order chi connectivity index (χ0) is 11.8. The van der Waals surface area contributed by atoms with Crippen LogP contribution in [0.15, 0.2) is 24.3 Å². The van der Waals surface area contributed by atoms with E-state index in [1.54, 1.807) is 0 Å². The van der Waals surface area contributed by atoms with E-state index < -0.39 is 0 Å². The topological polar surface area (TPSA) is 38.0 Å². The Labute approximate surface area is 98.2 Å². The Bertz CT molecular complexity index is 374. The summed E-state index contributed by atoms with van der Waals surface area (Å²) in [6.07, 6.45) is 2.87. The van der Waals surface area contributed by atoms with Gasteiger partial charge >= 0.3 is 0 Å². The van der Waals surface area contributed by atoms with Crippen molar-refractivity contribution < 1.29 is 0 Å². The first-order valence-electron chi connectivity index (χ1n) is 5.77. The van der Waals surface area contributed by atoms with Gasteiger partial charge in [-0.25, -0.2) is 0 Å². The molecule has 3 N–H and O–H groups in total. The lowest BCUT2D eigenvalue weighted by Crippen LogP contribution is -2.28. The molecule has 0 aliphatic rings. The molecule has 1 atom stereocenters. The van der Waals surface area contributed by atoms with Gasteiger partial charge in [-0.3, -0.25) is 11.3 Å². The summed E-state index contributed by atoms with van der Waals surface area (Å²) in [6.45, 7) is 4.03. The fraction of sp³-hybridized carbons (Fsp3) is 0.429. The highest BCUT2D eigenvalue weighted by atomic mass is 15.2. The van der Waals surface area contributed by atoms with Crippen molar-refractivity contribution in [3.8, 4) is 11.8 Å². The quantitative estimate of drug-likeness (QED) is 0.451. The molecule has 0 spiro atoms. The number of benzene rings is 1. The first-order valence-corrected chi connectivity index (χ1v) is 5.77. The largest absolute Gasteiger partial charge is 0.271 e. The molecule has 0 amide bonds. The van der Waals surface area contributed by atoms with Gasteiger partial charge in [0.1, 0.15) is 0 Å². The summed E-state index contributed by atoms with van der Waals surface area (Å²) in [6, 6.07) is 8.64. The summed E-state index contributed by atoms with van der Waals surface area (Å²) < 4.78 is 0. The highest BCUT2D eigenvalue weighted by Gasteiger charge is 2.11. The average Bonchev–Trinajstić information content (AvgIpc) is 2.35. The first kappa shape index (κ1) is 12.8. The van der Waals surface area contributed by atoms with Gasteiger partial charge in [0, 0.05) is 12.5 Å². The molecule has 0 fully saturated rings. The van der Waals surface area contributed by atoms with Crippen LogP contribution in [0, 0.1) is 11.8 Å². The molecule has 0 aliphatic carbocycles. The molecule has 1 unspecified atom stereocenters. The normalized spacial score (nSPS) is 11.7. The summed E-state index contributed by atoms with van der Waals surface area (Å²) in [5.74, 6) is 11.6. The molecule has 0 saturated heterocycles. The Morgan fingerprint density at radius 3 is 2.75 bits per heavy atom. The molecule has 0 aliphatic heterocycles. The van der Waals surface area contributed by atoms with Crippen molar-refractivity contribution in [3.63, 3.8) is 0 Å². The smallest absolute Gasteiger partial charge is 0.0471 e. The van der Waals surface area contributed by atoms with Crippen LogP contribution in [0.4, 0.5) is 0 Å². The second kappa shape index (κ2) is 7.05. The molecule has 0 bridgehead atoms. The van der Waals surface area contributed by atoms with Crippen molar-refractivity contribution >= 4 is 0 Å². The van der Waals surface area contributed by atoms with Crippen LogP contribution in [0.2, 0.25) is 0 Å². The Hall–Kier alpha value is -1.30. The lowest BCUT2D eigenvalue weighted by atomic mass is 9.96. The van der Waals surface area contributed by atoms with Crippen molar-refractivity contribution in [2.45, 2.75) is 39.2 Å². The molecule has 2 nitrogen and oxygen atoms in total. The molecule has 1 aromatic carbocycles. The maximum Gasteiger partial charge on any atom is 0.0471 e. The molecule has 0 aromatic heterocycles. The number of hydrogen-bond acceptors (Lipinski definition) is 2. The van der Waals surface area contributed by atoms with Crippen LogP contribution in [0.3, 0.4) is 0 Å². The van der Waals surface area contributed by atoms with Gasteiger partial charge in [-0.1, -0.05) is 31.2 Å². The molecular weight excluding hydrogens is 196 g/mol. The first-order chi connectivity index (χ1) is 7.83. The summed E-state index contributed by atoms with van der Waals surface area (Å²) in [7, 11) is 0. The van der Waals surface area contributed by atoms with Crippen molar-refractivity contribution in [1.29, 1.82) is 0 Å². The van der Waals surface area contributed by atoms with Gasteiger partial charge in [0.15, 0.2) is 0 Å². The van der Waals surface area contributed by atoms with E-state index in [4.69, 9.17) is 5.84 Å². The minimum Gasteiger partial charge on any atom is -0.271 e. The lowest BCUT2D eigenvalue weighted by Gasteiger charge is -2.18.